The Hall–Kier alpha value is -0.860. The SMILES string of the molecule is Cc1cccc(CCOCC2CO2)c1. The van der Waals surface area contributed by atoms with Crippen LogP contribution in [-0.2, 0) is 15.9 Å². The summed E-state index contributed by atoms with van der Waals surface area (Å²) >= 11 is 0. The molecule has 1 aromatic rings. The lowest BCUT2D eigenvalue weighted by atomic mass is 10.1. The highest BCUT2D eigenvalue weighted by atomic mass is 16.6. The monoisotopic (exact) mass is 192 g/mol. The molecule has 1 aliphatic rings. The van der Waals surface area contributed by atoms with Crippen LogP contribution in [0.15, 0.2) is 24.3 Å². The third kappa shape index (κ3) is 3.13. The van der Waals surface area contributed by atoms with Crippen LogP contribution in [0.5, 0.6) is 0 Å². The minimum atomic E-state index is 0.382. The normalized spacial score (nSPS) is 19.6. The molecular weight excluding hydrogens is 176 g/mol. The van der Waals surface area contributed by atoms with E-state index in [1.165, 1.54) is 11.1 Å². The summed E-state index contributed by atoms with van der Waals surface area (Å²) in [4.78, 5) is 0. The van der Waals surface area contributed by atoms with Gasteiger partial charge in [0.2, 0.25) is 0 Å². The number of aryl methyl sites for hydroxylation is 1. The van der Waals surface area contributed by atoms with Gasteiger partial charge in [0.15, 0.2) is 0 Å². The van der Waals surface area contributed by atoms with Gasteiger partial charge >= 0.3 is 0 Å². The Balaban J connectivity index is 1.68. The van der Waals surface area contributed by atoms with E-state index in [0.29, 0.717) is 6.10 Å². The van der Waals surface area contributed by atoms with Gasteiger partial charge in [-0.1, -0.05) is 29.8 Å². The van der Waals surface area contributed by atoms with Gasteiger partial charge in [0.05, 0.1) is 19.8 Å². The lowest BCUT2D eigenvalue weighted by Gasteiger charge is -2.03. The molecule has 14 heavy (non-hydrogen) atoms. The van der Waals surface area contributed by atoms with E-state index in [4.69, 9.17) is 9.47 Å². The second-order valence-corrected chi connectivity index (χ2v) is 3.77. The minimum Gasteiger partial charge on any atom is -0.378 e. The molecular formula is C12H16O2. The van der Waals surface area contributed by atoms with Crippen molar-refractivity contribution in [2.45, 2.75) is 19.4 Å². The Bertz CT molecular complexity index is 292. The topological polar surface area (TPSA) is 21.8 Å². The van der Waals surface area contributed by atoms with E-state index in [2.05, 4.69) is 31.2 Å². The molecule has 1 atom stereocenters. The second-order valence-electron chi connectivity index (χ2n) is 3.77. The van der Waals surface area contributed by atoms with Crippen LogP contribution in [0.4, 0.5) is 0 Å². The largest absolute Gasteiger partial charge is 0.378 e. The van der Waals surface area contributed by atoms with Crippen LogP contribution in [0.3, 0.4) is 0 Å². The van der Waals surface area contributed by atoms with Crippen molar-refractivity contribution in [2.75, 3.05) is 19.8 Å². The molecule has 2 heteroatoms. The predicted octanol–water partition coefficient (Wildman–Crippen LogP) is 1.95. The molecule has 2 nitrogen and oxygen atoms in total. The fourth-order valence-corrected chi connectivity index (χ4v) is 1.44. The van der Waals surface area contributed by atoms with Crippen molar-refractivity contribution < 1.29 is 9.47 Å². The average molecular weight is 192 g/mol. The molecule has 0 aromatic heterocycles. The molecule has 0 saturated carbocycles. The average Bonchev–Trinajstić information content (AvgIpc) is 2.96. The smallest absolute Gasteiger partial charge is 0.104 e. The van der Waals surface area contributed by atoms with Gasteiger partial charge in [-0.3, -0.25) is 0 Å². The quantitative estimate of drug-likeness (QED) is 0.525. The van der Waals surface area contributed by atoms with Gasteiger partial charge in [0.25, 0.3) is 0 Å². The van der Waals surface area contributed by atoms with Gasteiger partial charge in [-0.05, 0) is 18.9 Å². The summed E-state index contributed by atoms with van der Waals surface area (Å²) in [6.45, 7) is 4.54. The molecule has 1 aromatic carbocycles. The van der Waals surface area contributed by atoms with E-state index in [0.717, 1.165) is 26.2 Å². The zero-order valence-electron chi connectivity index (χ0n) is 8.53. The predicted molar refractivity (Wildman–Crippen MR) is 55.4 cm³/mol. The first-order chi connectivity index (χ1) is 6.84. The molecule has 0 spiro atoms. The standard InChI is InChI=1S/C12H16O2/c1-10-3-2-4-11(7-10)5-6-13-8-12-9-14-12/h2-4,7,12H,5-6,8-9H2,1H3. The van der Waals surface area contributed by atoms with Crippen LogP contribution in [0.1, 0.15) is 11.1 Å². The summed E-state index contributed by atoms with van der Waals surface area (Å²) in [5, 5.41) is 0. The maximum atomic E-state index is 5.48. The lowest BCUT2D eigenvalue weighted by Crippen LogP contribution is -2.04. The first-order valence-electron chi connectivity index (χ1n) is 5.09. The van der Waals surface area contributed by atoms with Gasteiger partial charge in [-0.15, -0.1) is 0 Å². The molecule has 0 bridgehead atoms. The Labute approximate surface area is 84.8 Å². The Morgan fingerprint density at radius 3 is 3.07 bits per heavy atom. The fraction of sp³-hybridized carbons (Fsp3) is 0.500. The van der Waals surface area contributed by atoms with Crippen LogP contribution in [0, 0.1) is 6.92 Å². The van der Waals surface area contributed by atoms with Gasteiger partial charge in [-0.25, -0.2) is 0 Å². The fourth-order valence-electron chi connectivity index (χ4n) is 1.44. The molecule has 1 heterocycles. The van der Waals surface area contributed by atoms with E-state index >= 15 is 0 Å². The van der Waals surface area contributed by atoms with Crippen LogP contribution in [0.25, 0.3) is 0 Å². The van der Waals surface area contributed by atoms with E-state index < -0.39 is 0 Å². The molecule has 0 N–H and O–H groups in total. The zero-order chi connectivity index (χ0) is 9.80. The van der Waals surface area contributed by atoms with Gasteiger partial charge < -0.3 is 9.47 Å². The third-order valence-electron chi connectivity index (χ3n) is 2.32. The highest BCUT2D eigenvalue weighted by Gasteiger charge is 2.21. The molecule has 0 aliphatic carbocycles. The van der Waals surface area contributed by atoms with Gasteiger partial charge in [-0.2, -0.15) is 0 Å². The first kappa shape index (κ1) is 9.69. The van der Waals surface area contributed by atoms with Crippen molar-refractivity contribution in [3.05, 3.63) is 35.4 Å². The Kier molecular flexibility index (Phi) is 3.17. The summed E-state index contributed by atoms with van der Waals surface area (Å²) in [7, 11) is 0. The first-order valence-corrected chi connectivity index (χ1v) is 5.09. The van der Waals surface area contributed by atoms with Crippen molar-refractivity contribution in [3.63, 3.8) is 0 Å². The summed E-state index contributed by atoms with van der Waals surface area (Å²) in [5.41, 5.74) is 2.66. The summed E-state index contributed by atoms with van der Waals surface area (Å²) in [6, 6.07) is 8.55. The zero-order valence-corrected chi connectivity index (χ0v) is 8.53. The van der Waals surface area contributed by atoms with Gasteiger partial charge in [0, 0.05) is 0 Å². The third-order valence-corrected chi connectivity index (χ3v) is 2.32. The number of hydrogen-bond donors (Lipinski definition) is 0. The van der Waals surface area contributed by atoms with Crippen molar-refractivity contribution in [1.29, 1.82) is 0 Å². The van der Waals surface area contributed by atoms with E-state index in [1.54, 1.807) is 0 Å². The number of hydrogen-bond acceptors (Lipinski definition) is 2. The van der Waals surface area contributed by atoms with Crippen LogP contribution in [-0.4, -0.2) is 25.9 Å². The highest BCUT2D eigenvalue weighted by molar-refractivity contribution is 5.22. The maximum absolute atomic E-state index is 5.48. The Morgan fingerprint density at radius 2 is 2.36 bits per heavy atom. The number of benzene rings is 1. The van der Waals surface area contributed by atoms with Crippen LogP contribution >= 0.6 is 0 Å². The summed E-state index contributed by atoms with van der Waals surface area (Å²) in [5.74, 6) is 0. The molecule has 0 radical (unpaired) electrons. The number of epoxide rings is 1. The molecule has 2 rings (SSSR count). The van der Waals surface area contributed by atoms with Crippen LogP contribution < -0.4 is 0 Å². The summed E-state index contributed by atoms with van der Waals surface area (Å²) in [6.07, 6.45) is 1.38. The van der Waals surface area contributed by atoms with E-state index in [-0.39, 0.29) is 0 Å². The number of rotatable bonds is 5. The number of ether oxygens (including phenoxy) is 2. The van der Waals surface area contributed by atoms with Gasteiger partial charge in [0.1, 0.15) is 6.10 Å². The second kappa shape index (κ2) is 4.58. The van der Waals surface area contributed by atoms with Crippen molar-refractivity contribution >= 4 is 0 Å². The molecule has 1 unspecified atom stereocenters. The minimum absolute atomic E-state index is 0.382. The molecule has 76 valence electrons. The molecule has 0 amide bonds. The molecule has 1 saturated heterocycles. The molecule has 1 aliphatic heterocycles. The van der Waals surface area contributed by atoms with Crippen molar-refractivity contribution in [2.24, 2.45) is 0 Å². The maximum Gasteiger partial charge on any atom is 0.104 e. The van der Waals surface area contributed by atoms with Crippen molar-refractivity contribution in [3.8, 4) is 0 Å². The molecule has 1 fully saturated rings. The Morgan fingerprint density at radius 1 is 1.50 bits per heavy atom. The van der Waals surface area contributed by atoms with Crippen LogP contribution in [0.2, 0.25) is 0 Å². The highest BCUT2D eigenvalue weighted by Crippen LogP contribution is 2.09. The van der Waals surface area contributed by atoms with Crippen molar-refractivity contribution in [1.82, 2.24) is 0 Å². The lowest BCUT2D eigenvalue weighted by molar-refractivity contribution is 0.119. The summed E-state index contributed by atoms with van der Waals surface area (Å²) < 4.78 is 10.5. The van der Waals surface area contributed by atoms with E-state index in [9.17, 15) is 0 Å². The van der Waals surface area contributed by atoms with E-state index in [1.807, 2.05) is 0 Å².